The molecule has 2 aromatic carbocycles. The van der Waals surface area contributed by atoms with E-state index in [1.807, 2.05) is 13.8 Å². The number of nitrogens with zero attached hydrogens (tertiary/aromatic N) is 1. The Bertz CT molecular complexity index is 840. The first-order valence-electron chi connectivity index (χ1n) is 8.52. The van der Waals surface area contributed by atoms with Crippen LogP contribution in [0.2, 0.25) is 0 Å². The molecule has 0 fully saturated rings. The molecule has 0 aliphatic heterocycles. The molecule has 0 radical (unpaired) electrons. The summed E-state index contributed by atoms with van der Waals surface area (Å²) >= 11 is 0. The van der Waals surface area contributed by atoms with Gasteiger partial charge in [0, 0.05) is 31.7 Å². The van der Waals surface area contributed by atoms with Gasteiger partial charge in [-0.2, -0.15) is 13.1 Å². The van der Waals surface area contributed by atoms with E-state index in [0.29, 0.717) is 18.7 Å². The van der Waals surface area contributed by atoms with Gasteiger partial charge in [-0.1, -0.05) is 30.3 Å². The van der Waals surface area contributed by atoms with Crippen molar-refractivity contribution in [3.63, 3.8) is 0 Å². The van der Waals surface area contributed by atoms with Crippen molar-refractivity contribution in [2.24, 2.45) is 0 Å². The molecule has 0 heterocycles. The topological polar surface area (TPSA) is 58.6 Å². The van der Waals surface area contributed by atoms with Crippen LogP contribution in [0.1, 0.15) is 25.0 Å². The van der Waals surface area contributed by atoms with E-state index in [9.17, 15) is 17.2 Å². The molecule has 8 heteroatoms. The first-order chi connectivity index (χ1) is 12.7. The second-order valence-corrected chi connectivity index (χ2v) is 8.35. The predicted octanol–water partition coefficient (Wildman–Crippen LogP) is 3.61. The highest BCUT2D eigenvalue weighted by atomic mass is 32.2. The minimum Gasteiger partial charge on any atom is -0.434 e. The maximum atomic E-state index is 12.4. The van der Waals surface area contributed by atoms with Gasteiger partial charge in [-0.15, -0.1) is 0 Å². The van der Waals surface area contributed by atoms with E-state index in [1.54, 1.807) is 49.5 Å². The Morgan fingerprint density at radius 1 is 1.04 bits per heavy atom. The lowest BCUT2D eigenvalue weighted by Gasteiger charge is -2.21. The molecule has 0 saturated carbocycles. The van der Waals surface area contributed by atoms with Crippen molar-refractivity contribution in [1.29, 1.82) is 0 Å². The highest BCUT2D eigenvalue weighted by molar-refractivity contribution is 7.89. The summed E-state index contributed by atoms with van der Waals surface area (Å²) < 4.78 is 55.6. The Morgan fingerprint density at radius 2 is 1.67 bits per heavy atom. The van der Waals surface area contributed by atoms with Crippen LogP contribution in [0.3, 0.4) is 0 Å². The maximum absolute atomic E-state index is 12.4. The number of para-hydroxylation sites is 1. The van der Waals surface area contributed by atoms with Crippen LogP contribution in [0.15, 0.2) is 53.4 Å². The fourth-order valence-corrected chi connectivity index (χ4v) is 3.79. The normalized spacial score (nSPS) is 12.1. The Morgan fingerprint density at radius 3 is 2.26 bits per heavy atom. The zero-order valence-corrected chi connectivity index (χ0v) is 16.3. The third-order valence-corrected chi connectivity index (χ3v) is 6.21. The van der Waals surface area contributed by atoms with Gasteiger partial charge in [0.15, 0.2) is 0 Å². The fraction of sp³-hybridized carbons (Fsp3) is 0.368. The molecule has 2 rings (SSSR count). The van der Waals surface area contributed by atoms with E-state index in [2.05, 4.69) is 10.1 Å². The lowest BCUT2D eigenvalue weighted by molar-refractivity contribution is -0.0505. The maximum Gasteiger partial charge on any atom is 0.387 e. The molecule has 27 heavy (non-hydrogen) atoms. The number of halogens is 2. The summed E-state index contributed by atoms with van der Waals surface area (Å²) in [7, 11) is -1.96. The van der Waals surface area contributed by atoms with E-state index in [4.69, 9.17) is 0 Å². The number of alkyl halides is 2. The Kier molecular flexibility index (Phi) is 7.29. The smallest absolute Gasteiger partial charge is 0.387 e. The molecule has 0 aliphatic rings. The monoisotopic (exact) mass is 398 g/mol. The first-order valence-corrected chi connectivity index (χ1v) is 9.96. The molecule has 0 aliphatic carbocycles. The largest absolute Gasteiger partial charge is 0.434 e. The molecule has 0 atom stereocenters. The van der Waals surface area contributed by atoms with Gasteiger partial charge < -0.3 is 10.1 Å². The van der Waals surface area contributed by atoms with E-state index < -0.39 is 16.6 Å². The average Bonchev–Trinajstić information content (AvgIpc) is 2.62. The summed E-state index contributed by atoms with van der Waals surface area (Å²) in [5.41, 5.74) is 1.50. The number of ether oxygens (including phenoxy) is 1. The number of rotatable bonds is 9. The minimum absolute atomic E-state index is 0.133. The van der Waals surface area contributed by atoms with Crippen molar-refractivity contribution in [3.05, 3.63) is 59.7 Å². The summed E-state index contributed by atoms with van der Waals surface area (Å²) in [5, 5.41) is 3.15. The van der Waals surface area contributed by atoms with E-state index in [0.717, 1.165) is 5.56 Å². The number of sulfonamides is 1. The lowest BCUT2D eigenvalue weighted by Crippen LogP contribution is -2.33. The van der Waals surface area contributed by atoms with Crippen LogP contribution in [0, 0.1) is 0 Å². The van der Waals surface area contributed by atoms with Crippen LogP contribution in [0.5, 0.6) is 5.75 Å². The lowest BCUT2D eigenvalue weighted by atomic mass is 10.2. The van der Waals surface area contributed by atoms with Gasteiger partial charge in [0.2, 0.25) is 10.0 Å². The molecular weight excluding hydrogens is 374 g/mol. The van der Waals surface area contributed by atoms with Crippen LogP contribution < -0.4 is 10.1 Å². The third-order valence-electron chi connectivity index (χ3n) is 4.16. The SMILES string of the molecule is CC(C)N(C)S(=O)(=O)c1ccc(CNCc2ccccc2OC(F)F)cc1. The van der Waals surface area contributed by atoms with Crippen molar-refractivity contribution < 1.29 is 21.9 Å². The van der Waals surface area contributed by atoms with Gasteiger partial charge in [-0.05, 0) is 37.6 Å². The minimum atomic E-state index is -3.51. The zero-order chi connectivity index (χ0) is 20.0. The summed E-state index contributed by atoms with van der Waals surface area (Å²) in [4.78, 5) is 0.234. The highest BCUT2D eigenvalue weighted by Crippen LogP contribution is 2.20. The molecule has 1 N–H and O–H groups in total. The van der Waals surface area contributed by atoms with Gasteiger partial charge in [-0.25, -0.2) is 8.42 Å². The number of nitrogens with one attached hydrogen (secondary N) is 1. The van der Waals surface area contributed by atoms with Crippen LogP contribution in [0.25, 0.3) is 0 Å². The Balaban J connectivity index is 1.99. The predicted molar refractivity (Wildman–Crippen MR) is 100 cm³/mol. The summed E-state index contributed by atoms with van der Waals surface area (Å²) in [6.07, 6.45) is 0. The quantitative estimate of drug-likeness (QED) is 0.701. The van der Waals surface area contributed by atoms with Gasteiger partial charge >= 0.3 is 6.61 Å². The Labute approximate surface area is 159 Å². The second kappa shape index (κ2) is 9.25. The number of benzene rings is 2. The van der Waals surface area contributed by atoms with Crippen LogP contribution in [-0.4, -0.2) is 32.4 Å². The van der Waals surface area contributed by atoms with E-state index >= 15 is 0 Å². The van der Waals surface area contributed by atoms with E-state index in [-0.39, 0.29) is 16.7 Å². The summed E-state index contributed by atoms with van der Waals surface area (Å²) in [5.74, 6) is 0.137. The molecule has 0 unspecified atom stereocenters. The second-order valence-electron chi connectivity index (χ2n) is 6.35. The molecule has 0 bridgehead atoms. The van der Waals surface area contributed by atoms with Gasteiger partial charge in [-0.3, -0.25) is 0 Å². The van der Waals surface area contributed by atoms with Crippen LogP contribution in [-0.2, 0) is 23.1 Å². The number of hydrogen-bond acceptors (Lipinski definition) is 4. The van der Waals surface area contributed by atoms with Gasteiger partial charge in [0.25, 0.3) is 0 Å². The van der Waals surface area contributed by atoms with Crippen LogP contribution in [0.4, 0.5) is 8.78 Å². The molecule has 0 amide bonds. The Hall–Kier alpha value is -2.03. The van der Waals surface area contributed by atoms with Gasteiger partial charge in [0.1, 0.15) is 5.75 Å². The number of hydrogen-bond donors (Lipinski definition) is 1. The fourth-order valence-electron chi connectivity index (χ4n) is 2.43. The van der Waals surface area contributed by atoms with Gasteiger partial charge in [0.05, 0.1) is 4.90 Å². The third kappa shape index (κ3) is 5.72. The highest BCUT2D eigenvalue weighted by Gasteiger charge is 2.22. The molecule has 0 aromatic heterocycles. The molecule has 148 valence electrons. The molecular formula is C19H24F2N2O3S. The molecule has 0 spiro atoms. The van der Waals surface area contributed by atoms with E-state index in [1.165, 1.54) is 10.4 Å². The van der Waals surface area contributed by atoms with Crippen molar-refractivity contribution in [1.82, 2.24) is 9.62 Å². The molecule has 0 saturated heterocycles. The average molecular weight is 398 g/mol. The molecule has 5 nitrogen and oxygen atoms in total. The van der Waals surface area contributed by atoms with Crippen molar-refractivity contribution in [2.75, 3.05) is 7.05 Å². The van der Waals surface area contributed by atoms with Crippen LogP contribution >= 0.6 is 0 Å². The molecule has 2 aromatic rings. The van der Waals surface area contributed by atoms with Crippen molar-refractivity contribution in [2.45, 2.75) is 44.5 Å². The van der Waals surface area contributed by atoms with Crippen molar-refractivity contribution >= 4 is 10.0 Å². The zero-order valence-electron chi connectivity index (χ0n) is 15.5. The van der Waals surface area contributed by atoms with Crippen molar-refractivity contribution in [3.8, 4) is 5.75 Å². The summed E-state index contributed by atoms with van der Waals surface area (Å²) in [6, 6.07) is 13.1. The summed E-state index contributed by atoms with van der Waals surface area (Å²) in [6.45, 7) is 1.56. The standard InChI is InChI=1S/C19H24F2N2O3S/c1-14(2)23(3)27(24,25)17-10-8-15(9-11-17)12-22-13-16-6-4-5-7-18(16)26-19(20)21/h4-11,14,19,22H,12-13H2,1-3H3. The first kappa shape index (κ1) is 21.3.